The Hall–Kier alpha value is -0.0900. The summed E-state index contributed by atoms with van der Waals surface area (Å²) in [6.45, 7) is 10.4. The topological polar surface area (TPSA) is 73.8 Å². The molecule has 24 heavy (non-hydrogen) atoms. The van der Waals surface area contributed by atoms with Gasteiger partial charge in [0.1, 0.15) is 0 Å². The maximum atomic E-state index is 11.6. The molecule has 0 amide bonds. The van der Waals surface area contributed by atoms with Gasteiger partial charge < -0.3 is 10.6 Å². The summed E-state index contributed by atoms with van der Waals surface area (Å²) in [7, 11) is -2.86. The third-order valence-electron chi connectivity index (χ3n) is 4.87. The van der Waals surface area contributed by atoms with Gasteiger partial charge in [-0.3, -0.25) is 9.89 Å². The molecule has 142 valence electrons. The predicted molar refractivity (Wildman–Crippen MR) is 111 cm³/mol. The minimum Gasteiger partial charge on any atom is -0.357 e. The molecule has 0 bridgehead atoms. The second-order valence-electron chi connectivity index (χ2n) is 7.03. The molecular weight excluding hydrogens is 439 g/mol. The number of hydrogen-bond acceptors (Lipinski definition) is 4. The summed E-state index contributed by atoms with van der Waals surface area (Å²) in [4.78, 5) is 7.18. The SMILES string of the molecule is CCNC(=NCC(C)N1CCC(C)CC1)NC1CCS(=O)(=O)C1.I. The van der Waals surface area contributed by atoms with Crippen LogP contribution in [0.4, 0.5) is 0 Å². The van der Waals surface area contributed by atoms with Crippen molar-refractivity contribution in [3.8, 4) is 0 Å². The summed E-state index contributed by atoms with van der Waals surface area (Å²) in [6.07, 6.45) is 3.21. The normalized spacial score (nSPS) is 26.6. The van der Waals surface area contributed by atoms with Crippen molar-refractivity contribution in [3.05, 3.63) is 0 Å². The lowest BCUT2D eigenvalue weighted by Gasteiger charge is -2.34. The van der Waals surface area contributed by atoms with E-state index in [2.05, 4.69) is 34.4 Å². The van der Waals surface area contributed by atoms with Crippen LogP contribution in [0, 0.1) is 5.92 Å². The average molecular weight is 472 g/mol. The van der Waals surface area contributed by atoms with E-state index in [-0.39, 0.29) is 41.5 Å². The van der Waals surface area contributed by atoms with E-state index >= 15 is 0 Å². The first kappa shape index (κ1) is 22.0. The van der Waals surface area contributed by atoms with Gasteiger partial charge in [0.15, 0.2) is 15.8 Å². The van der Waals surface area contributed by atoms with Gasteiger partial charge in [-0.05, 0) is 52.1 Å². The van der Waals surface area contributed by atoms with E-state index in [1.54, 1.807) is 0 Å². The Morgan fingerprint density at radius 3 is 2.50 bits per heavy atom. The lowest BCUT2D eigenvalue weighted by atomic mass is 9.98. The zero-order valence-corrected chi connectivity index (χ0v) is 18.3. The van der Waals surface area contributed by atoms with E-state index in [1.807, 2.05) is 6.92 Å². The van der Waals surface area contributed by atoms with Gasteiger partial charge in [-0.15, -0.1) is 24.0 Å². The van der Waals surface area contributed by atoms with Crippen LogP contribution in [0.5, 0.6) is 0 Å². The summed E-state index contributed by atoms with van der Waals surface area (Å²) in [5, 5.41) is 6.51. The fourth-order valence-corrected chi connectivity index (χ4v) is 4.90. The molecule has 2 rings (SSSR count). The van der Waals surface area contributed by atoms with Crippen molar-refractivity contribution in [3.63, 3.8) is 0 Å². The van der Waals surface area contributed by atoms with Crippen LogP contribution in [-0.2, 0) is 9.84 Å². The Bertz CT molecular complexity index is 504. The lowest BCUT2D eigenvalue weighted by Crippen LogP contribution is -2.45. The summed E-state index contributed by atoms with van der Waals surface area (Å²) in [5.74, 6) is 2.08. The number of piperidine rings is 1. The fourth-order valence-electron chi connectivity index (χ4n) is 3.23. The molecule has 2 aliphatic heterocycles. The Kier molecular flexibility index (Phi) is 9.29. The van der Waals surface area contributed by atoms with Crippen LogP contribution >= 0.6 is 24.0 Å². The number of likely N-dealkylation sites (tertiary alicyclic amines) is 1. The van der Waals surface area contributed by atoms with Gasteiger partial charge in [0.25, 0.3) is 0 Å². The lowest BCUT2D eigenvalue weighted by molar-refractivity contribution is 0.150. The van der Waals surface area contributed by atoms with Gasteiger partial charge in [-0.25, -0.2) is 8.42 Å². The molecule has 8 heteroatoms. The molecular formula is C16H33IN4O2S. The fraction of sp³-hybridized carbons (Fsp3) is 0.938. The number of nitrogens with one attached hydrogen (secondary N) is 2. The predicted octanol–water partition coefficient (Wildman–Crippen LogP) is 1.47. The van der Waals surface area contributed by atoms with Crippen LogP contribution in [0.3, 0.4) is 0 Å². The van der Waals surface area contributed by atoms with Gasteiger partial charge in [-0.1, -0.05) is 6.92 Å². The van der Waals surface area contributed by atoms with E-state index in [1.165, 1.54) is 12.8 Å². The molecule has 0 aromatic carbocycles. The Morgan fingerprint density at radius 2 is 1.96 bits per heavy atom. The average Bonchev–Trinajstić information content (AvgIpc) is 2.84. The van der Waals surface area contributed by atoms with Crippen molar-refractivity contribution >= 4 is 39.8 Å². The molecule has 2 fully saturated rings. The van der Waals surface area contributed by atoms with E-state index in [0.29, 0.717) is 12.5 Å². The molecule has 2 atom stereocenters. The monoisotopic (exact) mass is 472 g/mol. The van der Waals surface area contributed by atoms with Gasteiger partial charge in [-0.2, -0.15) is 0 Å². The Morgan fingerprint density at radius 1 is 1.29 bits per heavy atom. The third-order valence-corrected chi connectivity index (χ3v) is 6.64. The van der Waals surface area contributed by atoms with Crippen molar-refractivity contribution in [1.82, 2.24) is 15.5 Å². The molecule has 0 radical (unpaired) electrons. The van der Waals surface area contributed by atoms with Crippen molar-refractivity contribution in [2.24, 2.45) is 10.9 Å². The molecule has 6 nitrogen and oxygen atoms in total. The highest BCUT2D eigenvalue weighted by molar-refractivity contribution is 14.0. The summed E-state index contributed by atoms with van der Waals surface area (Å²) in [5.41, 5.74) is 0. The smallest absolute Gasteiger partial charge is 0.191 e. The zero-order valence-electron chi connectivity index (χ0n) is 15.1. The van der Waals surface area contributed by atoms with Crippen LogP contribution in [0.1, 0.15) is 40.0 Å². The summed E-state index contributed by atoms with van der Waals surface area (Å²) in [6, 6.07) is 0.411. The van der Waals surface area contributed by atoms with Gasteiger partial charge in [0.2, 0.25) is 0 Å². The van der Waals surface area contributed by atoms with Crippen molar-refractivity contribution in [2.45, 2.75) is 52.1 Å². The molecule has 2 saturated heterocycles. The zero-order chi connectivity index (χ0) is 16.9. The maximum Gasteiger partial charge on any atom is 0.191 e. The van der Waals surface area contributed by atoms with Crippen LogP contribution in [0.2, 0.25) is 0 Å². The second-order valence-corrected chi connectivity index (χ2v) is 9.26. The second kappa shape index (κ2) is 10.2. The van der Waals surface area contributed by atoms with E-state index < -0.39 is 9.84 Å². The van der Waals surface area contributed by atoms with Crippen molar-refractivity contribution < 1.29 is 8.42 Å². The molecule has 0 spiro atoms. The molecule has 0 saturated carbocycles. The van der Waals surface area contributed by atoms with Crippen LogP contribution in [0.25, 0.3) is 0 Å². The van der Waals surface area contributed by atoms with Crippen molar-refractivity contribution in [2.75, 3.05) is 37.7 Å². The molecule has 0 aromatic rings. The minimum absolute atomic E-state index is 0. The Labute approximate surface area is 164 Å². The number of sulfone groups is 1. The first-order chi connectivity index (χ1) is 10.9. The molecule has 0 aromatic heterocycles. The standard InChI is InChI=1S/C16H32N4O2S.HI/c1-4-17-16(19-15-7-10-23(21,22)12-15)18-11-14(3)20-8-5-13(2)6-9-20;/h13-15H,4-12H2,1-3H3,(H2,17,18,19);1H. The van der Waals surface area contributed by atoms with Crippen LogP contribution in [-0.4, -0.2) is 69.0 Å². The minimum atomic E-state index is -2.86. The number of rotatable bonds is 5. The number of halogens is 1. The van der Waals surface area contributed by atoms with Crippen LogP contribution in [0.15, 0.2) is 4.99 Å². The Balaban J connectivity index is 0.00000288. The van der Waals surface area contributed by atoms with Crippen LogP contribution < -0.4 is 10.6 Å². The molecule has 2 aliphatic rings. The maximum absolute atomic E-state index is 11.6. The first-order valence-electron chi connectivity index (χ1n) is 8.89. The largest absolute Gasteiger partial charge is 0.357 e. The van der Waals surface area contributed by atoms with Crippen molar-refractivity contribution in [1.29, 1.82) is 0 Å². The number of hydrogen-bond donors (Lipinski definition) is 2. The highest BCUT2D eigenvalue weighted by Gasteiger charge is 2.28. The van der Waals surface area contributed by atoms with E-state index in [0.717, 1.165) is 38.1 Å². The third kappa shape index (κ3) is 7.03. The highest BCUT2D eigenvalue weighted by atomic mass is 127. The van der Waals surface area contributed by atoms with Gasteiger partial charge in [0.05, 0.1) is 18.1 Å². The highest BCUT2D eigenvalue weighted by Crippen LogP contribution is 2.18. The molecule has 2 heterocycles. The summed E-state index contributed by atoms with van der Waals surface area (Å²) >= 11 is 0. The number of guanidine groups is 1. The van der Waals surface area contributed by atoms with E-state index in [9.17, 15) is 8.42 Å². The van der Waals surface area contributed by atoms with E-state index in [4.69, 9.17) is 0 Å². The number of aliphatic imine (C=N–C) groups is 1. The molecule has 2 N–H and O–H groups in total. The van der Waals surface area contributed by atoms with Gasteiger partial charge >= 0.3 is 0 Å². The van der Waals surface area contributed by atoms with Gasteiger partial charge in [0, 0.05) is 18.6 Å². The molecule has 0 aliphatic carbocycles. The molecule has 2 unspecified atom stereocenters. The number of nitrogens with zero attached hydrogens (tertiary/aromatic N) is 2. The first-order valence-corrected chi connectivity index (χ1v) is 10.7. The quantitative estimate of drug-likeness (QED) is 0.360. The summed E-state index contributed by atoms with van der Waals surface area (Å²) < 4.78 is 23.1.